The van der Waals surface area contributed by atoms with Gasteiger partial charge in [-0.3, -0.25) is 9.69 Å². The molecule has 0 saturated carbocycles. The average molecular weight is 285 g/mol. The van der Waals surface area contributed by atoms with Gasteiger partial charge in [-0.1, -0.05) is 18.2 Å². The summed E-state index contributed by atoms with van der Waals surface area (Å²) in [5.74, 6) is 0.00344. The minimum Gasteiger partial charge on any atom is -0.366 e. The largest absolute Gasteiger partial charge is 0.366 e. The van der Waals surface area contributed by atoms with Crippen molar-refractivity contribution < 1.29 is 9.53 Å². The number of ether oxygens (including phenoxy) is 1. The topological polar surface area (TPSA) is 57.4 Å². The van der Waals surface area contributed by atoms with Gasteiger partial charge in [-0.15, -0.1) is 0 Å². The molecule has 110 valence electrons. The first-order chi connectivity index (χ1) is 10.3. The molecule has 2 aliphatic rings. The number of morpholine rings is 1. The number of carbonyl (C=O) groups excluding carboxylic acids is 1. The number of likely N-dealkylation sites (tertiary alicyclic amines) is 1. The van der Waals surface area contributed by atoms with E-state index in [1.165, 1.54) is 16.6 Å². The third kappa shape index (κ3) is 2.54. The number of amides is 1. The van der Waals surface area contributed by atoms with E-state index in [-0.39, 0.29) is 24.7 Å². The van der Waals surface area contributed by atoms with Gasteiger partial charge in [-0.2, -0.15) is 0 Å². The highest BCUT2D eigenvalue weighted by molar-refractivity contribution is 5.80. The zero-order valence-corrected chi connectivity index (χ0v) is 11.8. The van der Waals surface area contributed by atoms with Crippen LogP contribution in [0.3, 0.4) is 0 Å². The lowest BCUT2D eigenvalue weighted by atomic mass is 10.0. The fraction of sp³-hybridized carbons (Fsp3) is 0.438. The Labute approximate surface area is 123 Å². The molecule has 2 N–H and O–H groups in total. The van der Waals surface area contributed by atoms with Gasteiger partial charge in [-0.05, 0) is 23.9 Å². The Kier molecular flexibility index (Phi) is 3.16. The quantitative estimate of drug-likeness (QED) is 0.873. The molecule has 2 aromatic rings. The van der Waals surface area contributed by atoms with Crippen molar-refractivity contribution >= 4 is 16.8 Å². The van der Waals surface area contributed by atoms with E-state index >= 15 is 0 Å². The first-order valence-electron chi connectivity index (χ1n) is 7.48. The number of piperidine rings is 1. The molecule has 1 aromatic carbocycles. The summed E-state index contributed by atoms with van der Waals surface area (Å²) in [5, 5.41) is 4.29. The maximum Gasteiger partial charge on any atom is 0.246 e. The van der Waals surface area contributed by atoms with Gasteiger partial charge in [0.15, 0.2) is 0 Å². The molecule has 3 heterocycles. The van der Waals surface area contributed by atoms with Gasteiger partial charge >= 0.3 is 0 Å². The summed E-state index contributed by atoms with van der Waals surface area (Å²) in [6.45, 7) is 2.95. The molecule has 2 saturated heterocycles. The second-order valence-corrected chi connectivity index (χ2v) is 5.93. The SMILES string of the molecule is O=C1CO[C@@H]2CCN(Cc3cc4ccccc4[nH]3)C[C@@H]2N1. The summed E-state index contributed by atoms with van der Waals surface area (Å²) in [6.07, 6.45) is 1.16. The van der Waals surface area contributed by atoms with E-state index in [0.717, 1.165) is 26.1 Å². The third-order valence-electron chi connectivity index (χ3n) is 4.39. The highest BCUT2D eigenvalue weighted by Crippen LogP contribution is 2.21. The van der Waals surface area contributed by atoms with Crippen molar-refractivity contribution in [2.24, 2.45) is 0 Å². The summed E-state index contributed by atoms with van der Waals surface area (Å²) < 4.78 is 5.59. The number of carbonyl (C=O) groups is 1. The number of H-pyrrole nitrogens is 1. The molecule has 2 atom stereocenters. The predicted molar refractivity (Wildman–Crippen MR) is 79.9 cm³/mol. The number of benzene rings is 1. The lowest BCUT2D eigenvalue weighted by Gasteiger charge is -2.40. The predicted octanol–water partition coefficient (Wildman–Crippen LogP) is 1.26. The van der Waals surface area contributed by atoms with Crippen LogP contribution in [-0.2, 0) is 16.1 Å². The first-order valence-corrected chi connectivity index (χ1v) is 7.48. The Hall–Kier alpha value is -1.85. The average Bonchev–Trinajstić information content (AvgIpc) is 2.89. The number of nitrogens with one attached hydrogen (secondary N) is 2. The van der Waals surface area contributed by atoms with Crippen molar-refractivity contribution in [3.8, 4) is 0 Å². The summed E-state index contributed by atoms with van der Waals surface area (Å²) in [4.78, 5) is 17.3. The van der Waals surface area contributed by atoms with Crippen LogP contribution in [0.25, 0.3) is 10.9 Å². The molecular formula is C16H19N3O2. The molecule has 2 aliphatic heterocycles. The molecule has 5 heteroatoms. The first kappa shape index (κ1) is 12.9. The van der Waals surface area contributed by atoms with Gasteiger partial charge in [0.25, 0.3) is 0 Å². The van der Waals surface area contributed by atoms with Gasteiger partial charge in [0, 0.05) is 30.8 Å². The van der Waals surface area contributed by atoms with Crippen molar-refractivity contribution in [3.63, 3.8) is 0 Å². The second-order valence-electron chi connectivity index (χ2n) is 5.93. The molecule has 4 rings (SSSR count). The Morgan fingerprint density at radius 2 is 2.24 bits per heavy atom. The lowest BCUT2D eigenvalue weighted by molar-refractivity contribution is -0.140. The molecule has 1 aromatic heterocycles. The van der Waals surface area contributed by atoms with Crippen LogP contribution in [-0.4, -0.2) is 47.6 Å². The second kappa shape index (κ2) is 5.16. The van der Waals surface area contributed by atoms with E-state index in [1.807, 2.05) is 6.07 Å². The van der Waals surface area contributed by atoms with Gasteiger partial charge in [0.05, 0.1) is 12.1 Å². The fourth-order valence-electron chi connectivity index (χ4n) is 3.37. The number of fused-ring (bicyclic) bond motifs is 2. The highest BCUT2D eigenvalue weighted by atomic mass is 16.5. The molecule has 2 fully saturated rings. The molecule has 0 bridgehead atoms. The number of para-hydroxylation sites is 1. The molecular weight excluding hydrogens is 266 g/mol. The summed E-state index contributed by atoms with van der Waals surface area (Å²) >= 11 is 0. The van der Waals surface area contributed by atoms with Crippen molar-refractivity contribution in [3.05, 3.63) is 36.0 Å². The lowest BCUT2D eigenvalue weighted by Crippen LogP contribution is -2.60. The van der Waals surface area contributed by atoms with Crippen LogP contribution < -0.4 is 5.32 Å². The number of rotatable bonds is 2. The van der Waals surface area contributed by atoms with Gasteiger partial charge in [0.2, 0.25) is 5.91 Å². The summed E-state index contributed by atoms with van der Waals surface area (Å²) in [6, 6.07) is 10.7. The Morgan fingerprint density at radius 1 is 1.33 bits per heavy atom. The number of aromatic nitrogens is 1. The molecule has 0 spiro atoms. The normalized spacial score (nSPS) is 26.6. The van der Waals surface area contributed by atoms with Gasteiger partial charge in [-0.25, -0.2) is 0 Å². The molecule has 0 aliphatic carbocycles. The monoisotopic (exact) mass is 285 g/mol. The third-order valence-corrected chi connectivity index (χ3v) is 4.39. The van der Waals surface area contributed by atoms with E-state index in [2.05, 4.69) is 39.5 Å². The minimum atomic E-state index is 0.00344. The molecule has 0 unspecified atom stereocenters. The van der Waals surface area contributed by atoms with Crippen LogP contribution in [0.15, 0.2) is 30.3 Å². The fourth-order valence-corrected chi connectivity index (χ4v) is 3.37. The van der Waals surface area contributed by atoms with E-state index in [4.69, 9.17) is 4.74 Å². The maximum atomic E-state index is 11.4. The zero-order valence-electron chi connectivity index (χ0n) is 11.8. The van der Waals surface area contributed by atoms with Gasteiger partial charge in [0.1, 0.15) is 6.61 Å². The van der Waals surface area contributed by atoms with Crippen LogP contribution in [0.5, 0.6) is 0 Å². The van der Waals surface area contributed by atoms with E-state index in [0.29, 0.717) is 0 Å². The molecule has 0 radical (unpaired) electrons. The summed E-state index contributed by atoms with van der Waals surface area (Å²) in [7, 11) is 0. The number of aromatic amines is 1. The van der Waals surface area contributed by atoms with E-state index < -0.39 is 0 Å². The summed E-state index contributed by atoms with van der Waals surface area (Å²) in [5.41, 5.74) is 2.40. The minimum absolute atomic E-state index is 0.00344. The Morgan fingerprint density at radius 3 is 3.14 bits per heavy atom. The molecule has 21 heavy (non-hydrogen) atoms. The molecule has 1 amide bonds. The standard InChI is InChI=1S/C16H19N3O2/c20-16-10-21-15-5-6-19(9-14(15)18-16)8-12-7-11-3-1-2-4-13(11)17-12/h1-4,7,14-15,17H,5-6,8-10H2,(H,18,20)/t14-,15+/m0/s1. The van der Waals surface area contributed by atoms with Crippen LogP contribution in [0, 0.1) is 0 Å². The Bertz CT molecular complexity index is 633. The Balaban J connectivity index is 1.46. The maximum absolute atomic E-state index is 11.4. The number of hydrogen-bond acceptors (Lipinski definition) is 3. The van der Waals surface area contributed by atoms with Crippen LogP contribution >= 0.6 is 0 Å². The smallest absolute Gasteiger partial charge is 0.246 e. The van der Waals surface area contributed by atoms with E-state index in [1.54, 1.807) is 0 Å². The van der Waals surface area contributed by atoms with Crippen molar-refractivity contribution in [2.45, 2.75) is 25.1 Å². The van der Waals surface area contributed by atoms with Crippen LogP contribution in [0.4, 0.5) is 0 Å². The number of hydrogen-bond donors (Lipinski definition) is 2. The van der Waals surface area contributed by atoms with Gasteiger partial charge < -0.3 is 15.0 Å². The van der Waals surface area contributed by atoms with Crippen molar-refractivity contribution in [2.75, 3.05) is 19.7 Å². The molecule has 5 nitrogen and oxygen atoms in total. The zero-order chi connectivity index (χ0) is 14.2. The van der Waals surface area contributed by atoms with Crippen LogP contribution in [0.2, 0.25) is 0 Å². The van der Waals surface area contributed by atoms with Crippen molar-refractivity contribution in [1.82, 2.24) is 15.2 Å². The van der Waals surface area contributed by atoms with Crippen LogP contribution in [0.1, 0.15) is 12.1 Å². The highest BCUT2D eigenvalue weighted by Gasteiger charge is 2.34. The number of nitrogens with zero attached hydrogens (tertiary/aromatic N) is 1. The van der Waals surface area contributed by atoms with Crippen molar-refractivity contribution in [1.29, 1.82) is 0 Å². The van der Waals surface area contributed by atoms with E-state index in [9.17, 15) is 4.79 Å².